The van der Waals surface area contributed by atoms with Gasteiger partial charge in [0.1, 0.15) is 0 Å². The molecule has 54 valence electrons. The van der Waals surface area contributed by atoms with Gasteiger partial charge in [-0.05, 0) is 6.92 Å². The molecule has 0 fully saturated rings. The Labute approximate surface area is 148 Å². The fraction of sp³-hybridized carbons (Fsp3) is 1.00. The van der Waals surface area contributed by atoms with Crippen LogP contribution in [-0.4, -0.2) is 19.1 Å². The predicted octanol–water partition coefficient (Wildman–Crippen LogP) is -7.26. The molecule has 11 heavy (non-hydrogen) atoms. The van der Waals surface area contributed by atoms with Crippen LogP contribution in [0, 0.1) is 0 Å². The summed E-state index contributed by atoms with van der Waals surface area (Å²) in [6.45, 7) is 0.294. The van der Waals surface area contributed by atoms with Gasteiger partial charge in [-0.1, -0.05) is 7.12 Å². The van der Waals surface area contributed by atoms with E-state index in [9.17, 15) is 23.2 Å². The minimum absolute atomic E-state index is 0. The van der Waals surface area contributed by atoms with E-state index >= 15 is 0 Å². The minimum Gasteiger partial charge on any atom is -0.891 e. The van der Waals surface area contributed by atoms with Gasteiger partial charge in [0.2, 0.25) is 0 Å². The van der Waals surface area contributed by atoms with Gasteiger partial charge in [-0.15, -0.1) is 0 Å². The van der Waals surface area contributed by atoms with Crippen molar-refractivity contribution in [2.24, 2.45) is 0 Å². The zero-order valence-electron chi connectivity index (χ0n) is 6.61. The normalized spacial score (nSPS) is 14.5. The maximum Gasteiger partial charge on any atom is 1.00 e. The largest absolute Gasteiger partial charge is 1.00 e. The van der Waals surface area contributed by atoms with Gasteiger partial charge in [-0.2, -0.15) is 0 Å². The van der Waals surface area contributed by atoms with Gasteiger partial charge in [0, 0.05) is 0 Å². The first-order valence-electron chi connectivity index (χ1n) is 2.17. The van der Waals surface area contributed by atoms with Crippen molar-refractivity contribution in [2.75, 3.05) is 0 Å². The second kappa shape index (κ2) is 8.36. The molecule has 0 N–H and O–H groups in total. The van der Waals surface area contributed by atoms with E-state index in [2.05, 4.69) is 0 Å². The monoisotopic (exact) mass is 218 g/mol. The molecule has 0 aromatic heterocycles. The molecule has 0 heterocycles. The average molecular weight is 218 g/mol. The molecule has 0 saturated carbocycles. The quantitative estimate of drug-likeness (QED) is 0.432. The third-order valence-corrected chi connectivity index (χ3v) is 0.888. The van der Waals surface area contributed by atoms with Crippen LogP contribution in [0.2, 0.25) is 0 Å². The van der Waals surface area contributed by atoms with Crippen molar-refractivity contribution < 1.29 is 126 Å². The predicted molar refractivity (Wildman–Crippen MR) is 21.3 cm³/mol. The molecule has 0 aromatic rings. The van der Waals surface area contributed by atoms with Crippen LogP contribution >= 0.6 is 0 Å². The van der Waals surface area contributed by atoms with Gasteiger partial charge in [0.15, 0.2) is 0 Å². The second-order valence-electron chi connectivity index (χ2n) is 1.78. The van der Waals surface area contributed by atoms with Crippen molar-refractivity contribution in [3.63, 3.8) is 0 Å². The number of hydrogen-bond acceptors (Lipinski definition) is 2. The molecule has 1 unspecified atom stereocenters. The molecule has 8 heteroatoms. The fourth-order valence-corrected chi connectivity index (χ4v) is 0.103. The van der Waals surface area contributed by atoms with E-state index in [4.69, 9.17) is 0 Å². The van der Waals surface area contributed by atoms with E-state index in [0.717, 1.165) is 0 Å². The number of rotatable bonds is 2. The van der Waals surface area contributed by atoms with E-state index in [0.29, 0.717) is 6.92 Å². The maximum atomic E-state index is 12.0. The van der Waals surface area contributed by atoms with Crippen LogP contribution < -0.4 is 113 Å². The summed E-state index contributed by atoms with van der Waals surface area (Å²) in [6.07, 6.45) is -3.50. The van der Waals surface area contributed by atoms with Gasteiger partial charge in [-0.25, -0.2) is 8.78 Å². The van der Waals surface area contributed by atoms with Crippen LogP contribution in [0.15, 0.2) is 0 Å². The molecule has 0 bridgehead atoms. The number of halogens is 3. The Kier molecular flexibility index (Phi) is 14.9. The standard InChI is InChI=1S/C3H4BF3O2.2K/c1-3(7,2(5)6)4(8)9;;/h2H,1H3;;/q-2;2*+1. The van der Waals surface area contributed by atoms with Crippen molar-refractivity contribution in [3.05, 3.63) is 0 Å². The van der Waals surface area contributed by atoms with Crippen molar-refractivity contribution in [3.8, 4) is 0 Å². The summed E-state index contributed by atoms with van der Waals surface area (Å²) in [6, 6.07) is 0. The van der Waals surface area contributed by atoms with E-state index in [-0.39, 0.29) is 103 Å². The smallest absolute Gasteiger partial charge is 0.891 e. The van der Waals surface area contributed by atoms with Gasteiger partial charge in [-0.3, -0.25) is 4.39 Å². The molecular formula is C3H4BF3K2O2. The van der Waals surface area contributed by atoms with E-state index in [1.165, 1.54) is 0 Å². The first-order valence-corrected chi connectivity index (χ1v) is 2.17. The Morgan fingerprint density at radius 2 is 1.55 bits per heavy atom. The Morgan fingerprint density at radius 3 is 1.55 bits per heavy atom. The summed E-state index contributed by atoms with van der Waals surface area (Å²) in [5.74, 6) is 0. The molecule has 0 saturated heterocycles. The summed E-state index contributed by atoms with van der Waals surface area (Å²) in [7, 11) is -3.13. The van der Waals surface area contributed by atoms with Crippen molar-refractivity contribution in [1.29, 1.82) is 0 Å². The van der Waals surface area contributed by atoms with Gasteiger partial charge in [0.05, 0.1) is 5.57 Å². The SMILES string of the molecule is CC(F)(B([O-])[O-])C(F)F.[K+].[K+]. The molecule has 0 amide bonds. The van der Waals surface area contributed by atoms with Gasteiger partial charge >= 0.3 is 103 Å². The summed E-state index contributed by atoms with van der Waals surface area (Å²) in [5.41, 5.74) is -3.44. The topological polar surface area (TPSA) is 46.1 Å². The Bertz CT molecular complexity index is 92.6. The van der Waals surface area contributed by atoms with Crippen LogP contribution in [0.1, 0.15) is 6.92 Å². The first-order chi connectivity index (χ1) is 3.89. The van der Waals surface area contributed by atoms with Gasteiger partial charge < -0.3 is 10.0 Å². The molecule has 0 rings (SSSR count). The summed E-state index contributed by atoms with van der Waals surface area (Å²) >= 11 is 0. The number of alkyl halides is 3. The molecule has 0 aliphatic heterocycles. The average Bonchev–Trinajstić information content (AvgIpc) is 1.65. The third-order valence-electron chi connectivity index (χ3n) is 0.888. The Morgan fingerprint density at radius 1 is 1.27 bits per heavy atom. The van der Waals surface area contributed by atoms with Crippen molar-refractivity contribution in [2.45, 2.75) is 18.9 Å². The van der Waals surface area contributed by atoms with Crippen LogP contribution in [0.25, 0.3) is 0 Å². The molecule has 0 radical (unpaired) electrons. The summed E-state index contributed by atoms with van der Waals surface area (Å²) in [4.78, 5) is 0. The zero-order chi connectivity index (χ0) is 7.65. The maximum absolute atomic E-state index is 12.0. The molecule has 0 aliphatic carbocycles. The second-order valence-corrected chi connectivity index (χ2v) is 1.78. The van der Waals surface area contributed by atoms with Crippen LogP contribution in [-0.2, 0) is 0 Å². The summed E-state index contributed by atoms with van der Waals surface area (Å²) < 4.78 is 34.5. The number of hydrogen-bond donors (Lipinski definition) is 0. The molecule has 0 aliphatic rings. The van der Waals surface area contributed by atoms with Crippen LogP contribution in [0.5, 0.6) is 0 Å². The van der Waals surface area contributed by atoms with Gasteiger partial charge in [0.25, 0.3) is 6.43 Å². The van der Waals surface area contributed by atoms with Crippen molar-refractivity contribution >= 4 is 7.12 Å². The molecular weight excluding hydrogens is 214 g/mol. The molecule has 1 atom stereocenters. The molecule has 0 spiro atoms. The van der Waals surface area contributed by atoms with E-state index in [1.54, 1.807) is 0 Å². The van der Waals surface area contributed by atoms with Crippen LogP contribution in [0.3, 0.4) is 0 Å². The third kappa shape index (κ3) is 7.03. The summed E-state index contributed by atoms with van der Waals surface area (Å²) in [5, 5.41) is 19.2. The fourth-order valence-electron chi connectivity index (χ4n) is 0.103. The Balaban J connectivity index is -0.000000320. The van der Waals surface area contributed by atoms with Crippen molar-refractivity contribution in [1.82, 2.24) is 0 Å². The van der Waals surface area contributed by atoms with Crippen LogP contribution in [0.4, 0.5) is 13.2 Å². The minimum atomic E-state index is -3.50. The molecule has 2 nitrogen and oxygen atoms in total. The first kappa shape index (κ1) is 19.6. The van der Waals surface area contributed by atoms with E-state index < -0.39 is 19.1 Å². The Hall–Kier alpha value is 3.05. The van der Waals surface area contributed by atoms with E-state index in [1.807, 2.05) is 0 Å². The zero-order valence-corrected chi connectivity index (χ0v) is 12.9. The molecule has 0 aromatic carbocycles.